The number of morpholine rings is 1. The van der Waals surface area contributed by atoms with Crippen molar-refractivity contribution in [1.29, 1.82) is 0 Å². The fourth-order valence-corrected chi connectivity index (χ4v) is 4.62. The van der Waals surface area contributed by atoms with Gasteiger partial charge in [-0.2, -0.15) is 0 Å². The number of fused-ring (bicyclic) bond motifs is 1. The lowest BCUT2D eigenvalue weighted by Gasteiger charge is -2.29. The number of amides is 1. The zero-order valence-corrected chi connectivity index (χ0v) is 17.6. The average molecular weight is 429 g/mol. The molecule has 7 nitrogen and oxygen atoms in total. The Labute approximate surface area is 177 Å². The second-order valence-electron chi connectivity index (χ2n) is 6.72. The number of carbonyl (C=O) groups excluding carboxylic acids is 1. The number of aromatic nitrogens is 2. The number of hydrogen-bond acceptors (Lipinski definition) is 7. The summed E-state index contributed by atoms with van der Waals surface area (Å²) >= 11 is 6.51. The molecule has 0 bridgehead atoms. The number of pyridine rings is 1. The van der Waals surface area contributed by atoms with Crippen molar-refractivity contribution < 1.29 is 9.53 Å². The van der Waals surface area contributed by atoms with Crippen molar-refractivity contribution in [1.82, 2.24) is 14.3 Å². The van der Waals surface area contributed by atoms with Gasteiger partial charge in [0, 0.05) is 25.8 Å². The van der Waals surface area contributed by atoms with Crippen LogP contribution in [0.15, 0.2) is 40.7 Å². The molecule has 9 heteroatoms. The fourth-order valence-electron chi connectivity index (χ4n) is 3.36. The SMILES string of the molecule is C=CCN1C(=O)/C(=C\c2c(N3CCOCC3)nc3c(C)cccn3c2=O)SC1=S. The summed E-state index contributed by atoms with van der Waals surface area (Å²) in [5.41, 5.74) is 1.68. The Bertz CT molecular complexity index is 1100. The molecule has 2 fully saturated rings. The first-order valence-corrected chi connectivity index (χ1v) is 10.4. The van der Waals surface area contributed by atoms with Crippen molar-refractivity contribution in [3.63, 3.8) is 0 Å². The minimum Gasteiger partial charge on any atom is -0.378 e. The van der Waals surface area contributed by atoms with Crippen molar-refractivity contribution in [3.05, 3.63) is 57.4 Å². The van der Waals surface area contributed by atoms with E-state index in [1.807, 2.05) is 24.0 Å². The molecule has 2 aliphatic heterocycles. The van der Waals surface area contributed by atoms with E-state index >= 15 is 0 Å². The number of aryl methyl sites for hydroxylation is 1. The van der Waals surface area contributed by atoms with Gasteiger partial charge in [-0.3, -0.25) is 18.9 Å². The number of anilines is 1. The third kappa shape index (κ3) is 3.61. The van der Waals surface area contributed by atoms with Crippen molar-refractivity contribution >= 4 is 51.7 Å². The van der Waals surface area contributed by atoms with Gasteiger partial charge in [0.05, 0.1) is 23.7 Å². The van der Waals surface area contributed by atoms with Gasteiger partial charge in [0.2, 0.25) is 0 Å². The highest BCUT2D eigenvalue weighted by Gasteiger charge is 2.32. The van der Waals surface area contributed by atoms with Gasteiger partial charge < -0.3 is 9.64 Å². The predicted molar refractivity (Wildman–Crippen MR) is 119 cm³/mol. The summed E-state index contributed by atoms with van der Waals surface area (Å²) in [6, 6.07) is 3.73. The molecule has 2 aromatic heterocycles. The summed E-state index contributed by atoms with van der Waals surface area (Å²) in [7, 11) is 0. The third-order valence-corrected chi connectivity index (χ3v) is 6.21. The quantitative estimate of drug-likeness (QED) is 0.420. The first-order chi connectivity index (χ1) is 14.0. The molecule has 0 N–H and O–H groups in total. The molecular weight excluding hydrogens is 408 g/mol. The Balaban J connectivity index is 1.90. The second kappa shape index (κ2) is 8.10. The Kier molecular flexibility index (Phi) is 5.53. The summed E-state index contributed by atoms with van der Waals surface area (Å²) in [4.78, 5) is 34.9. The van der Waals surface area contributed by atoms with Crippen LogP contribution in [0.3, 0.4) is 0 Å². The van der Waals surface area contributed by atoms with Gasteiger partial charge in [-0.15, -0.1) is 6.58 Å². The number of hydrogen-bond donors (Lipinski definition) is 0. The molecule has 150 valence electrons. The first kappa shape index (κ1) is 19.8. The molecule has 1 amide bonds. The maximum absolute atomic E-state index is 13.4. The Morgan fingerprint density at radius 2 is 2.10 bits per heavy atom. The predicted octanol–water partition coefficient (Wildman–Crippen LogP) is 2.23. The van der Waals surface area contributed by atoms with Crippen LogP contribution in [-0.4, -0.2) is 57.4 Å². The minimum atomic E-state index is -0.221. The van der Waals surface area contributed by atoms with Crippen LogP contribution in [-0.2, 0) is 9.53 Å². The molecule has 0 atom stereocenters. The molecule has 29 heavy (non-hydrogen) atoms. The molecule has 0 radical (unpaired) electrons. The number of carbonyl (C=O) groups is 1. The van der Waals surface area contributed by atoms with Gasteiger partial charge >= 0.3 is 0 Å². The Morgan fingerprint density at radius 3 is 2.83 bits per heavy atom. The van der Waals surface area contributed by atoms with Crippen LogP contribution in [0, 0.1) is 6.92 Å². The molecule has 0 spiro atoms. The monoisotopic (exact) mass is 428 g/mol. The van der Waals surface area contributed by atoms with E-state index in [1.165, 1.54) is 21.1 Å². The van der Waals surface area contributed by atoms with Crippen LogP contribution in [0.5, 0.6) is 0 Å². The molecule has 0 aromatic carbocycles. The van der Waals surface area contributed by atoms with E-state index in [2.05, 4.69) is 6.58 Å². The molecule has 4 heterocycles. The van der Waals surface area contributed by atoms with E-state index in [0.717, 1.165) is 5.56 Å². The van der Waals surface area contributed by atoms with Crippen molar-refractivity contribution in [2.24, 2.45) is 0 Å². The molecule has 2 aromatic rings. The normalized spacial score (nSPS) is 18.9. The lowest BCUT2D eigenvalue weighted by atomic mass is 10.2. The van der Waals surface area contributed by atoms with E-state index in [0.29, 0.717) is 59.1 Å². The molecule has 0 unspecified atom stereocenters. The summed E-state index contributed by atoms with van der Waals surface area (Å²) < 4.78 is 7.43. The fraction of sp³-hybridized carbons (Fsp3) is 0.300. The van der Waals surface area contributed by atoms with E-state index < -0.39 is 0 Å². The van der Waals surface area contributed by atoms with Crippen molar-refractivity contribution in [2.75, 3.05) is 37.7 Å². The smallest absolute Gasteiger partial charge is 0.267 e. The maximum atomic E-state index is 13.4. The lowest BCUT2D eigenvalue weighted by molar-refractivity contribution is -0.121. The molecule has 2 saturated heterocycles. The second-order valence-corrected chi connectivity index (χ2v) is 8.40. The van der Waals surface area contributed by atoms with Gasteiger partial charge in [-0.1, -0.05) is 36.1 Å². The summed E-state index contributed by atoms with van der Waals surface area (Å²) in [5.74, 6) is 0.350. The Morgan fingerprint density at radius 1 is 1.34 bits per heavy atom. The highest BCUT2D eigenvalue weighted by atomic mass is 32.2. The number of thiocarbonyl (C=S) groups is 1. The largest absolute Gasteiger partial charge is 0.378 e. The van der Waals surface area contributed by atoms with Gasteiger partial charge in [0.25, 0.3) is 11.5 Å². The van der Waals surface area contributed by atoms with Gasteiger partial charge in [0.1, 0.15) is 15.8 Å². The summed E-state index contributed by atoms with van der Waals surface area (Å²) in [6.45, 7) is 8.32. The molecule has 4 rings (SSSR count). The van der Waals surface area contributed by atoms with Gasteiger partial charge in [-0.25, -0.2) is 4.98 Å². The van der Waals surface area contributed by atoms with E-state index in [4.69, 9.17) is 21.9 Å². The molecule has 0 saturated carbocycles. The first-order valence-electron chi connectivity index (χ1n) is 9.22. The van der Waals surface area contributed by atoms with Gasteiger partial charge in [-0.05, 0) is 24.6 Å². The number of nitrogens with zero attached hydrogens (tertiary/aromatic N) is 4. The standard InChI is InChI=1S/C20H20N4O3S2/c1-3-6-24-19(26)15(29-20(24)28)12-14-17(22-8-10-27-11-9-22)21-16-13(2)5-4-7-23(16)18(14)25/h3-5,7,12H,1,6,8-11H2,2H3/b15-12+. The molecule has 0 aliphatic carbocycles. The van der Waals surface area contributed by atoms with Crippen LogP contribution in [0.4, 0.5) is 5.82 Å². The van der Waals surface area contributed by atoms with Crippen LogP contribution in [0.25, 0.3) is 11.7 Å². The highest BCUT2D eigenvalue weighted by Crippen LogP contribution is 2.33. The molecule has 2 aliphatic rings. The highest BCUT2D eigenvalue weighted by molar-refractivity contribution is 8.26. The third-order valence-electron chi connectivity index (χ3n) is 4.84. The number of thioether (sulfide) groups is 1. The maximum Gasteiger partial charge on any atom is 0.267 e. The van der Waals surface area contributed by atoms with Crippen molar-refractivity contribution in [3.8, 4) is 0 Å². The zero-order chi connectivity index (χ0) is 20.5. The van der Waals surface area contributed by atoms with Gasteiger partial charge in [0.15, 0.2) is 0 Å². The minimum absolute atomic E-state index is 0.214. The van der Waals surface area contributed by atoms with Crippen LogP contribution >= 0.6 is 24.0 Å². The summed E-state index contributed by atoms with van der Waals surface area (Å²) in [6.07, 6.45) is 4.94. The van der Waals surface area contributed by atoms with Crippen molar-refractivity contribution in [2.45, 2.75) is 6.92 Å². The lowest BCUT2D eigenvalue weighted by Crippen LogP contribution is -2.38. The molecular formula is C20H20N4O3S2. The zero-order valence-electron chi connectivity index (χ0n) is 16.0. The van der Waals surface area contributed by atoms with Crippen LogP contribution in [0.2, 0.25) is 0 Å². The van der Waals surface area contributed by atoms with E-state index in [9.17, 15) is 9.59 Å². The van der Waals surface area contributed by atoms with Crippen LogP contribution < -0.4 is 10.5 Å². The van der Waals surface area contributed by atoms with Crippen LogP contribution in [0.1, 0.15) is 11.1 Å². The number of ether oxygens (including phenoxy) is 1. The van der Waals surface area contributed by atoms with E-state index in [-0.39, 0.29) is 11.5 Å². The average Bonchev–Trinajstić information content (AvgIpc) is 2.99. The van der Waals surface area contributed by atoms with E-state index in [1.54, 1.807) is 18.3 Å². The number of rotatable bonds is 4. The topological polar surface area (TPSA) is 67.2 Å². The Hall–Kier alpha value is -2.49. The summed E-state index contributed by atoms with van der Waals surface area (Å²) in [5, 5.41) is 0.